The Morgan fingerprint density at radius 2 is 1.92 bits per heavy atom. The highest BCUT2D eigenvalue weighted by atomic mass is 28.4. The molecule has 1 saturated carbocycles. The summed E-state index contributed by atoms with van der Waals surface area (Å²) in [6.45, 7) is 11.9. The Labute approximate surface area is 160 Å². The molecule has 0 aromatic heterocycles. The number of benzene rings is 1. The highest BCUT2D eigenvalue weighted by Crippen LogP contribution is 2.50. The highest BCUT2D eigenvalue weighted by molar-refractivity contribution is 6.74. The molecule has 0 amide bonds. The van der Waals surface area contributed by atoms with E-state index in [1.165, 1.54) is 11.1 Å². The normalized spacial score (nSPS) is 28.6. The minimum absolute atomic E-state index is 0.219. The maximum atomic E-state index is 9.71. The third-order valence-corrected chi connectivity index (χ3v) is 11.8. The third kappa shape index (κ3) is 3.60. The van der Waals surface area contributed by atoms with E-state index in [-0.39, 0.29) is 11.6 Å². The summed E-state index contributed by atoms with van der Waals surface area (Å²) in [6.07, 6.45) is 4.46. The Hall–Kier alpha value is -0.843. The summed E-state index contributed by atoms with van der Waals surface area (Å²) in [6, 6.07) is 6.45. The summed E-state index contributed by atoms with van der Waals surface area (Å²) in [4.78, 5) is 0. The second-order valence-electron chi connectivity index (χ2n) is 9.76. The zero-order chi connectivity index (χ0) is 19.1. The van der Waals surface area contributed by atoms with Gasteiger partial charge in [-0.3, -0.25) is 0 Å². The molecule has 0 saturated heterocycles. The monoisotopic (exact) mass is 376 g/mol. The van der Waals surface area contributed by atoms with Crippen molar-refractivity contribution in [3.05, 3.63) is 29.3 Å². The predicted molar refractivity (Wildman–Crippen MR) is 109 cm³/mol. The molecule has 0 radical (unpaired) electrons. The first-order valence-corrected chi connectivity index (χ1v) is 13.0. The molecule has 2 aliphatic carbocycles. The van der Waals surface area contributed by atoms with Gasteiger partial charge in [-0.1, -0.05) is 32.9 Å². The minimum Gasteiger partial charge on any atom is -0.496 e. The predicted octanol–water partition coefficient (Wildman–Crippen LogP) is 4.82. The summed E-state index contributed by atoms with van der Waals surface area (Å²) >= 11 is 0. The van der Waals surface area contributed by atoms with Gasteiger partial charge in [0, 0.05) is 12.7 Å². The Morgan fingerprint density at radius 3 is 2.54 bits per heavy atom. The van der Waals surface area contributed by atoms with Gasteiger partial charge in [0.05, 0.1) is 7.11 Å². The molecule has 2 aliphatic rings. The molecule has 3 nitrogen and oxygen atoms in total. The molecule has 0 bridgehead atoms. The summed E-state index contributed by atoms with van der Waals surface area (Å²) in [5.74, 6) is 2.77. The quantitative estimate of drug-likeness (QED) is 0.749. The first-order valence-electron chi connectivity index (χ1n) is 10.1. The molecule has 1 fully saturated rings. The minimum atomic E-state index is -1.81. The Bertz CT molecular complexity index is 635. The molecular weight excluding hydrogens is 340 g/mol. The first-order chi connectivity index (χ1) is 12.2. The number of aliphatic hydroxyl groups is 1. The lowest BCUT2D eigenvalue weighted by Crippen LogP contribution is -2.45. The van der Waals surface area contributed by atoms with Crippen molar-refractivity contribution in [3.8, 4) is 5.75 Å². The SMILES string of the molecule is COc1cccc2c1C[C@H]1C[C@@H](O[Si](C)(C)C(C)(C)C)[C@H](CCO)[C@H]1C2. The van der Waals surface area contributed by atoms with Crippen LogP contribution in [0.3, 0.4) is 0 Å². The fourth-order valence-corrected chi connectivity index (χ4v) is 6.19. The van der Waals surface area contributed by atoms with Crippen LogP contribution in [0.25, 0.3) is 0 Å². The van der Waals surface area contributed by atoms with Gasteiger partial charge < -0.3 is 14.3 Å². The molecule has 4 atom stereocenters. The molecule has 0 heterocycles. The number of rotatable bonds is 5. The summed E-state index contributed by atoms with van der Waals surface area (Å²) in [5.41, 5.74) is 2.83. The summed E-state index contributed by atoms with van der Waals surface area (Å²) in [7, 11) is -0.0369. The maximum absolute atomic E-state index is 9.71. The van der Waals surface area contributed by atoms with Crippen molar-refractivity contribution in [2.24, 2.45) is 17.8 Å². The van der Waals surface area contributed by atoms with Gasteiger partial charge in [-0.15, -0.1) is 0 Å². The smallest absolute Gasteiger partial charge is 0.192 e. The van der Waals surface area contributed by atoms with Gasteiger partial charge in [-0.05, 0) is 78.8 Å². The van der Waals surface area contributed by atoms with E-state index >= 15 is 0 Å². The maximum Gasteiger partial charge on any atom is 0.192 e. The van der Waals surface area contributed by atoms with E-state index in [0.29, 0.717) is 23.9 Å². The van der Waals surface area contributed by atoms with E-state index in [1.54, 1.807) is 7.11 Å². The number of fused-ring (bicyclic) bond motifs is 2. The number of aliphatic hydroxyl groups excluding tert-OH is 1. The van der Waals surface area contributed by atoms with Crippen LogP contribution in [0.1, 0.15) is 44.7 Å². The molecule has 1 N–H and O–H groups in total. The van der Waals surface area contributed by atoms with Crippen LogP contribution in [0.15, 0.2) is 18.2 Å². The van der Waals surface area contributed by atoms with Crippen molar-refractivity contribution in [2.45, 2.75) is 70.7 Å². The van der Waals surface area contributed by atoms with Crippen LogP contribution in [-0.2, 0) is 17.3 Å². The van der Waals surface area contributed by atoms with Crippen molar-refractivity contribution in [1.82, 2.24) is 0 Å². The molecule has 1 aromatic carbocycles. The molecular formula is C22H36O3Si. The second-order valence-corrected chi connectivity index (χ2v) is 14.5. The molecule has 3 rings (SSSR count). The number of ether oxygens (including phenoxy) is 1. The Balaban J connectivity index is 1.85. The molecule has 4 heteroatoms. The topological polar surface area (TPSA) is 38.7 Å². The van der Waals surface area contributed by atoms with Crippen molar-refractivity contribution >= 4 is 8.32 Å². The van der Waals surface area contributed by atoms with Crippen LogP contribution in [0.4, 0.5) is 0 Å². The molecule has 26 heavy (non-hydrogen) atoms. The Morgan fingerprint density at radius 1 is 1.19 bits per heavy atom. The lowest BCUT2D eigenvalue weighted by Gasteiger charge is -2.40. The number of methoxy groups -OCH3 is 1. The van der Waals surface area contributed by atoms with E-state index in [2.05, 4.69) is 52.1 Å². The van der Waals surface area contributed by atoms with Crippen molar-refractivity contribution in [1.29, 1.82) is 0 Å². The van der Waals surface area contributed by atoms with Gasteiger partial charge in [-0.25, -0.2) is 0 Å². The van der Waals surface area contributed by atoms with Crippen LogP contribution in [0.5, 0.6) is 5.75 Å². The van der Waals surface area contributed by atoms with E-state index in [1.807, 2.05) is 0 Å². The molecule has 0 unspecified atom stereocenters. The number of hydrogen-bond acceptors (Lipinski definition) is 3. The fourth-order valence-electron chi connectivity index (χ4n) is 4.81. The van der Waals surface area contributed by atoms with Gasteiger partial charge in [0.1, 0.15) is 5.75 Å². The summed E-state index contributed by atoms with van der Waals surface area (Å²) < 4.78 is 12.5. The zero-order valence-corrected chi connectivity index (χ0v) is 18.3. The van der Waals surface area contributed by atoms with E-state index in [9.17, 15) is 5.11 Å². The lowest BCUT2D eigenvalue weighted by molar-refractivity contribution is 0.103. The van der Waals surface area contributed by atoms with Crippen LogP contribution < -0.4 is 4.74 Å². The second kappa shape index (κ2) is 7.29. The fraction of sp³-hybridized carbons (Fsp3) is 0.727. The average molecular weight is 377 g/mol. The first kappa shape index (κ1) is 19.9. The standard InChI is InChI=1S/C22H36O3Si/c1-22(2,3)26(5,6)25-21-14-16-13-19-15(8-7-9-20(19)24-4)12-18(16)17(21)10-11-23/h7-9,16-18,21,23H,10-14H2,1-6H3/t16-,17+,18-,21+/m0/s1. The van der Waals surface area contributed by atoms with Gasteiger partial charge in [0.25, 0.3) is 0 Å². The lowest BCUT2D eigenvalue weighted by atomic mass is 9.74. The highest BCUT2D eigenvalue weighted by Gasteiger charge is 2.49. The van der Waals surface area contributed by atoms with E-state index in [4.69, 9.17) is 9.16 Å². The van der Waals surface area contributed by atoms with Gasteiger partial charge >= 0.3 is 0 Å². The summed E-state index contributed by atoms with van der Waals surface area (Å²) in [5, 5.41) is 9.93. The Kier molecular flexibility index (Phi) is 5.58. The van der Waals surface area contributed by atoms with E-state index in [0.717, 1.165) is 31.4 Å². The van der Waals surface area contributed by atoms with Crippen LogP contribution in [0, 0.1) is 17.8 Å². The molecule has 0 aliphatic heterocycles. The van der Waals surface area contributed by atoms with Crippen LogP contribution >= 0.6 is 0 Å². The van der Waals surface area contributed by atoms with Gasteiger partial charge in [0.2, 0.25) is 0 Å². The third-order valence-electron chi connectivity index (χ3n) is 7.25. The average Bonchev–Trinajstić information content (AvgIpc) is 2.87. The van der Waals surface area contributed by atoms with Gasteiger partial charge in [0.15, 0.2) is 8.32 Å². The largest absolute Gasteiger partial charge is 0.496 e. The van der Waals surface area contributed by atoms with Crippen molar-refractivity contribution in [3.63, 3.8) is 0 Å². The van der Waals surface area contributed by atoms with E-state index < -0.39 is 8.32 Å². The van der Waals surface area contributed by atoms with Crippen LogP contribution in [-0.4, -0.2) is 33.2 Å². The molecule has 146 valence electrons. The van der Waals surface area contributed by atoms with Crippen LogP contribution in [0.2, 0.25) is 18.1 Å². The number of hydrogen-bond donors (Lipinski definition) is 1. The molecule has 0 spiro atoms. The molecule has 1 aromatic rings. The zero-order valence-electron chi connectivity index (χ0n) is 17.3. The van der Waals surface area contributed by atoms with Crippen molar-refractivity contribution < 1.29 is 14.3 Å². The van der Waals surface area contributed by atoms with Gasteiger partial charge in [-0.2, -0.15) is 0 Å². The van der Waals surface area contributed by atoms with Crippen molar-refractivity contribution in [2.75, 3.05) is 13.7 Å².